The number of hydrogen-bond acceptors (Lipinski definition) is 5. The molecule has 2 rings (SSSR count). The van der Waals surface area contributed by atoms with Crippen molar-refractivity contribution in [3.63, 3.8) is 0 Å². The van der Waals surface area contributed by atoms with Crippen LogP contribution in [0.15, 0.2) is 35.4 Å². The van der Waals surface area contributed by atoms with Gasteiger partial charge in [-0.3, -0.25) is 0 Å². The second-order valence-corrected chi connectivity index (χ2v) is 5.19. The highest BCUT2D eigenvalue weighted by molar-refractivity contribution is 6.14. The Bertz CT molecular complexity index is 460. The van der Waals surface area contributed by atoms with Gasteiger partial charge in [0.15, 0.2) is 5.57 Å². The first-order chi connectivity index (χ1) is 10.2. The SMILES string of the molecule is NC=C(C(=O)OC1=CCCCC1)C(=O)OC1=CCCCC1. The summed E-state index contributed by atoms with van der Waals surface area (Å²) in [4.78, 5) is 24.0. The van der Waals surface area contributed by atoms with Crippen LogP contribution in [0.3, 0.4) is 0 Å². The van der Waals surface area contributed by atoms with Gasteiger partial charge in [-0.1, -0.05) is 0 Å². The predicted molar refractivity (Wildman–Crippen MR) is 77.6 cm³/mol. The van der Waals surface area contributed by atoms with Gasteiger partial charge in [-0.25, -0.2) is 9.59 Å². The van der Waals surface area contributed by atoms with E-state index in [1.807, 2.05) is 12.2 Å². The molecule has 0 aromatic heterocycles. The molecule has 0 aliphatic heterocycles. The summed E-state index contributed by atoms with van der Waals surface area (Å²) in [5, 5.41) is 0. The number of carbonyl (C=O) groups excluding carboxylic acids is 2. The van der Waals surface area contributed by atoms with Crippen LogP contribution in [0.2, 0.25) is 0 Å². The lowest BCUT2D eigenvalue weighted by atomic mass is 10.1. The van der Waals surface area contributed by atoms with E-state index in [0.29, 0.717) is 24.4 Å². The monoisotopic (exact) mass is 291 g/mol. The van der Waals surface area contributed by atoms with Gasteiger partial charge < -0.3 is 15.2 Å². The number of ether oxygens (including phenoxy) is 2. The van der Waals surface area contributed by atoms with Gasteiger partial charge in [-0.05, 0) is 50.7 Å². The summed E-state index contributed by atoms with van der Waals surface area (Å²) in [5.41, 5.74) is 5.13. The van der Waals surface area contributed by atoms with Crippen LogP contribution in [0.4, 0.5) is 0 Å². The molecule has 0 heterocycles. The van der Waals surface area contributed by atoms with Crippen LogP contribution in [0.25, 0.3) is 0 Å². The molecule has 2 aliphatic rings. The molecule has 5 heteroatoms. The Kier molecular flexibility index (Phi) is 5.60. The van der Waals surface area contributed by atoms with E-state index in [2.05, 4.69) is 0 Å². The van der Waals surface area contributed by atoms with Crippen LogP contribution in [0, 0.1) is 0 Å². The second kappa shape index (κ2) is 7.67. The van der Waals surface area contributed by atoms with E-state index >= 15 is 0 Å². The van der Waals surface area contributed by atoms with Crippen molar-refractivity contribution in [2.24, 2.45) is 5.73 Å². The minimum atomic E-state index is -0.743. The van der Waals surface area contributed by atoms with E-state index < -0.39 is 11.9 Å². The van der Waals surface area contributed by atoms with E-state index in [1.54, 1.807) is 0 Å². The van der Waals surface area contributed by atoms with Crippen molar-refractivity contribution in [3.05, 3.63) is 35.4 Å². The van der Waals surface area contributed by atoms with Crippen molar-refractivity contribution in [1.29, 1.82) is 0 Å². The molecule has 0 saturated heterocycles. The summed E-state index contributed by atoms with van der Waals surface area (Å²) in [6.07, 6.45) is 12.1. The first-order valence-electron chi connectivity index (χ1n) is 7.45. The minimum absolute atomic E-state index is 0.257. The lowest BCUT2D eigenvalue weighted by Gasteiger charge is -2.15. The number of nitrogens with two attached hydrogens (primary N) is 1. The fourth-order valence-electron chi connectivity index (χ4n) is 2.37. The van der Waals surface area contributed by atoms with Crippen LogP contribution in [0.5, 0.6) is 0 Å². The quantitative estimate of drug-likeness (QED) is 0.373. The molecule has 21 heavy (non-hydrogen) atoms. The summed E-state index contributed by atoms with van der Waals surface area (Å²) >= 11 is 0. The first kappa shape index (κ1) is 15.4. The lowest BCUT2D eigenvalue weighted by Crippen LogP contribution is -2.20. The Labute approximate surface area is 124 Å². The van der Waals surface area contributed by atoms with E-state index in [1.165, 1.54) is 0 Å². The number of esters is 2. The minimum Gasteiger partial charge on any atom is -0.428 e. The summed E-state index contributed by atoms with van der Waals surface area (Å²) in [6.45, 7) is 0. The van der Waals surface area contributed by atoms with E-state index in [0.717, 1.165) is 44.7 Å². The van der Waals surface area contributed by atoms with Gasteiger partial charge in [0.05, 0.1) is 0 Å². The molecule has 0 spiro atoms. The zero-order chi connectivity index (χ0) is 15.1. The number of rotatable bonds is 4. The zero-order valence-corrected chi connectivity index (χ0v) is 12.1. The van der Waals surface area contributed by atoms with Gasteiger partial charge in [0, 0.05) is 19.0 Å². The van der Waals surface area contributed by atoms with Gasteiger partial charge in [-0.15, -0.1) is 0 Å². The number of allylic oxidation sites excluding steroid dienone is 4. The van der Waals surface area contributed by atoms with Gasteiger partial charge in [-0.2, -0.15) is 0 Å². The highest BCUT2D eigenvalue weighted by atomic mass is 16.6. The first-order valence-corrected chi connectivity index (χ1v) is 7.45. The number of carbonyl (C=O) groups is 2. The van der Waals surface area contributed by atoms with Gasteiger partial charge >= 0.3 is 11.9 Å². The summed E-state index contributed by atoms with van der Waals surface area (Å²) < 4.78 is 10.4. The maximum absolute atomic E-state index is 12.0. The predicted octanol–water partition coefficient (Wildman–Crippen LogP) is 2.83. The molecule has 0 saturated carbocycles. The highest BCUT2D eigenvalue weighted by Gasteiger charge is 2.24. The lowest BCUT2D eigenvalue weighted by molar-refractivity contribution is -0.143. The van der Waals surface area contributed by atoms with Crippen LogP contribution < -0.4 is 5.73 Å². The van der Waals surface area contributed by atoms with E-state index in [4.69, 9.17) is 15.2 Å². The normalized spacial score (nSPS) is 18.1. The van der Waals surface area contributed by atoms with Crippen molar-refractivity contribution in [2.45, 2.75) is 51.4 Å². The maximum Gasteiger partial charge on any atom is 0.352 e. The Morgan fingerprint density at radius 1 is 0.905 bits per heavy atom. The average molecular weight is 291 g/mol. The highest BCUT2D eigenvalue weighted by Crippen LogP contribution is 2.21. The molecule has 0 fully saturated rings. The number of hydrogen-bond donors (Lipinski definition) is 1. The molecule has 2 aliphatic carbocycles. The van der Waals surface area contributed by atoms with Crippen molar-refractivity contribution >= 4 is 11.9 Å². The molecular weight excluding hydrogens is 270 g/mol. The standard InChI is InChI=1S/C16H21NO4/c17-11-14(15(18)20-12-7-3-1-4-8-12)16(19)21-13-9-5-2-6-10-13/h7,9,11H,1-6,8,10,17H2. The molecule has 0 radical (unpaired) electrons. The summed E-state index contributed by atoms with van der Waals surface area (Å²) in [6, 6.07) is 0. The third kappa shape index (κ3) is 4.48. The van der Waals surface area contributed by atoms with E-state index in [-0.39, 0.29) is 5.57 Å². The fraction of sp³-hybridized carbons (Fsp3) is 0.500. The third-order valence-electron chi connectivity index (χ3n) is 3.55. The van der Waals surface area contributed by atoms with Gasteiger partial charge in [0.25, 0.3) is 0 Å². The van der Waals surface area contributed by atoms with Crippen molar-refractivity contribution < 1.29 is 19.1 Å². The Hall–Kier alpha value is -2.04. The summed E-state index contributed by atoms with van der Waals surface area (Å²) in [5.74, 6) is -0.273. The topological polar surface area (TPSA) is 78.6 Å². The van der Waals surface area contributed by atoms with Gasteiger partial charge in [0.1, 0.15) is 11.5 Å². The molecule has 0 unspecified atom stereocenters. The smallest absolute Gasteiger partial charge is 0.352 e. The summed E-state index contributed by atoms with van der Waals surface area (Å²) in [7, 11) is 0. The van der Waals surface area contributed by atoms with Gasteiger partial charge in [0.2, 0.25) is 0 Å². The Morgan fingerprint density at radius 2 is 1.38 bits per heavy atom. The molecule has 0 aromatic rings. The largest absolute Gasteiger partial charge is 0.428 e. The zero-order valence-electron chi connectivity index (χ0n) is 12.1. The Balaban J connectivity index is 1.94. The molecule has 0 bridgehead atoms. The van der Waals surface area contributed by atoms with E-state index in [9.17, 15) is 9.59 Å². The fourth-order valence-corrected chi connectivity index (χ4v) is 2.37. The van der Waals surface area contributed by atoms with Crippen LogP contribution in [0.1, 0.15) is 51.4 Å². The van der Waals surface area contributed by atoms with Crippen molar-refractivity contribution in [2.75, 3.05) is 0 Å². The van der Waals surface area contributed by atoms with Crippen molar-refractivity contribution in [1.82, 2.24) is 0 Å². The molecular formula is C16H21NO4. The molecule has 5 nitrogen and oxygen atoms in total. The molecule has 0 aromatic carbocycles. The third-order valence-corrected chi connectivity index (χ3v) is 3.55. The van der Waals surface area contributed by atoms with Crippen molar-refractivity contribution in [3.8, 4) is 0 Å². The van der Waals surface area contributed by atoms with Crippen LogP contribution >= 0.6 is 0 Å². The molecule has 114 valence electrons. The molecule has 0 amide bonds. The molecule has 2 N–H and O–H groups in total. The second-order valence-electron chi connectivity index (χ2n) is 5.19. The maximum atomic E-state index is 12.0. The average Bonchev–Trinajstić information content (AvgIpc) is 2.50. The molecule has 0 atom stereocenters. The van der Waals surface area contributed by atoms with Crippen LogP contribution in [-0.4, -0.2) is 11.9 Å². The Morgan fingerprint density at radius 3 is 1.71 bits per heavy atom. The van der Waals surface area contributed by atoms with Crippen LogP contribution in [-0.2, 0) is 19.1 Å².